The van der Waals surface area contributed by atoms with Gasteiger partial charge < -0.3 is 10.5 Å². The summed E-state index contributed by atoms with van der Waals surface area (Å²) in [6.45, 7) is 4.00. The maximum Gasteiger partial charge on any atom is 0.139 e. The molecule has 0 saturated carbocycles. The second-order valence-electron chi connectivity index (χ2n) is 4.43. The minimum atomic E-state index is -0.0450. The molecule has 0 amide bonds. The van der Waals surface area contributed by atoms with Crippen LogP contribution < -0.4 is 10.5 Å². The molecule has 3 nitrogen and oxygen atoms in total. The van der Waals surface area contributed by atoms with Crippen LogP contribution in [0.25, 0.3) is 0 Å². The van der Waals surface area contributed by atoms with Crippen molar-refractivity contribution in [3.8, 4) is 11.5 Å². The summed E-state index contributed by atoms with van der Waals surface area (Å²) in [5.74, 6) is 1.18. The molecule has 98 valence electrons. The lowest BCUT2D eigenvalue weighted by atomic mass is 10.1. The number of aryl methyl sites for hydroxylation is 2. The van der Waals surface area contributed by atoms with Gasteiger partial charge in [-0.15, -0.1) is 0 Å². The highest BCUT2D eigenvalue weighted by atomic mass is 35.5. The first-order valence-corrected chi connectivity index (χ1v) is 6.24. The Balaban J connectivity index is 2.42. The number of nitrogen functional groups attached to an aromatic ring is 1. The minimum Gasteiger partial charge on any atom is -0.456 e. The van der Waals surface area contributed by atoms with Gasteiger partial charge in [0, 0.05) is 11.1 Å². The van der Waals surface area contributed by atoms with Crippen LogP contribution in [-0.4, -0.2) is 5.84 Å². The normalized spacial score (nSPS) is 10.3. The highest BCUT2D eigenvalue weighted by Gasteiger charge is 2.10. The van der Waals surface area contributed by atoms with Gasteiger partial charge in [0.2, 0.25) is 0 Å². The molecule has 4 heteroatoms. The number of amidine groups is 1. The standard InChI is InChI=1S/C15H15ClN2O/c1-9-3-6-13(10(2)7-9)19-14-8-11(16)4-5-12(14)15(17)18/h3-8H,1-2H3,(H3,17,18). The molecule has 0 aliphatic carbocycles. The number of nitrogens with one attached hydrogen (secondary N) is 1. The van der Waals surface area contributed by atoms with E-state index in [2.05, 4.69) is 0 Å². The number of rotatable bonds is 3. The van der Waals surface area contributed by atoms with Gasteiger partial charge in [-0.05, 0) is 37.6 Å². The molecule has 0 spiro atoms. The molecule has 0 fully saturated rings. The Morgan fingerprint density at radius 1 is 1.11 bits per heavy atom. The molecular weight excluding hydrogens is 260 g/mol. The highest BCUT2D eigenvalue weighted by Crippen LogP contribution is 2.30. The third kappa shape index (κ3) is 3.06. The summed E-state index contributed by atoms with van der Waals surface area (Å²) in [4.78, 5) is 0. The molecule has 2 aromatic carbocycles. The Bertz CT molecular complexity index is 638. The molecule has 0 bridgehead atoms. The van der Waals surface area contributed by atoms with E-state index in [9.17, 15) is 0 Å². The van der Waals surface area contributed by atoms with Gasteiger partial charge in [-0.3, -0.25) is 5.41 Å². The lowest BCUT2D eigenvalue weighted by molar-refractivity contribution is 0.477. The first-order chi connectivity index (χ1) is 8.97. The second kappa shape index (κ2) is 5.33. The monoisotopic (exact) mass is 274 g/mol. The number of hydrogen-bond donors (Lipinski definition) is 2. The van der Waals surface area contributed by atoms with Crippen molar-refractivity contribution in [2.75, 3.05) is 0 Å². The van der Waals surface area contributed by atoms with E-state index in [1.807, 2.05) is 32.0 Å². The average Bonchev–Trinajstić information content (AvgIpc) is 2.32. The fourth-order valence-corrected chi connectivity index (χ4v) is 2.00. The number of hydrogen-bond acceptors (Lipinski definition) is 2. The van der Waals surface area contributed by atoms with E-state index < -0.39 is 0 Å². The molecule has 0 aliphatic heterocycles. The Labute approximate surface area is 117 Å². The fourth-order valence-electron chi connectivity index (χ4n) is 1.84. The number of nitrogens with two attached hydrogens (primary N) is 1. The predicted octanol–water partition coefficient (Wildman–Crippen LogP) is 4.03. The molecule has 0 heterocycles. The molecular formula is C15H15ClN2O. The Morgan fingerprint density at radius 3 is 2.47 bits per heavy atom. The third-order valence-corrected chi connectivity index (χ3v) is 3.02. The van der Waals surface area contributed by atoms with Crippen LogP contribution in [-0.2, 0) is 0 Å². The molecule has 0 unspecified atom stereocenters. The number of ether oxygens (including phenoxy) is 1. The molecule has 2 rings (SSSR count). The van der Waals surface area contributed by atoms with Gasteiger partial charge in [0.05, 0.1) is 5.56 Å². The van der Waals surface area contributed by atoms with E-state index in [0.717, 1.165) is 11.3 Å². The van der Waals surface area contributed by atoms with E-state index in [4.69, 9.17) is 27.5 Å². The van der Waals surface area contributed by atoms with Crippen LogP contribution in [0, 0.1) is 19.3 Å². The van der Waals surface area contributed by atoms with Crippen molar-refractivity contribution >= 4 is 17.4 Å². The molecule has 2 aromatic rings. The van der Waals surface area contributed by atoms with Crippen molar-refractivity contribution in [3.05, 3.63) is 58.1 Å². The summed E-state index contributed by atoms with van der Waals surface area (Å²) in [6.07, 6.45) is 0. The Morgan fingerprint density at radius 2 is 1.84 bits per heavy atom. The molecule has 19 heavy (non-hydrogen) atoms. The van der Waals surface area contributed by atoms with Gasteiger partial charge in [-0.1, -0.05) is 29.3 Å². The quantitative estimate of drug-likeness (QED) is 0.656. The van der Waals surface area contributed by atoms with Gasteiger partial charge in [-0.2, -0.15) is 0 Å². The van der Waals surface area contributed by atoms with Gasteiger partial charge >= 0.3 is 0 Å². The van der Waals surface area contributed by atoms with Crippen molar-refractivity contribution in [2.45, 2.75) is 13.8 Å². The summed E-state index contributed by atoms with van der Waals surface area (Å²) in [7, 11) is 0. The Hall–Kier alpha value is -2.00. The van der Waals surface area contributed by atoms with Crippen LogP contribution in [0.4, 0.5) is 0 Å². The maximum absolute atomic E-state index is 7.56. The third-order valence-electron chi connectivity index (χ3n) is 2.78. The van der Waals surface area contributed by atoms with Crippen LogP contribution in [0.5, 0.6) is 11.5 Å². The molecule has 0 aliphatic rings. The molecule has 0 radical (unpaired) electrons. The van der Waals surface area contributed by atoms with Crippen LogP contribution in [0.15, 0.2) is 36.4 Å². The van der Waals surface area contributed by atoms with Gasteiger partial charge in [-0.25, -0.2) is 0 Å². The van der Waals surface area contributed by atoms with E-state index in [-0.39, 0.29) is 5.84 Å². The largest absolute Gasteiger partial charge is 0.456 e. The molecule has 3 N–H and O–H groups in total. The number of halogens is 1. The van der Waals surface area contributed by atoms with E-state index in [1.54, 1.807) is 18.2 Å². The van der Waals surface area contributed by atoms with Crippen LogP contribution in [0.3, 0.4) is 0 Å². The van der Waals surface area contributed by atoms with Gasteiger partial charge in [0.15, 0.2) is 0 Å². The van der Waals surface area contributed by atoms with E-state index in [1.165, 1.54) is 5.56 Å². The summed E-state index contributed by atoms with van der Waals surface area (Å²) in [5, 5.41) is 8.10. The summed E-state index contributed by atoms with van der Waals surface area (Å²) in [6, 6.07) is 10.9. The van der Waals surface area contributed by atoms with Gasteiger partial charge in [0.1, 0.15) is 17.3 Å². The summed E-state index contributed by atoms with van der Waals surface area (Å²) in [5.41, 5.74) is 8.26. The van der Waals surface area contributed by atoms with Gasteiger partial charge in [0.25, 0.3) is 0 Å². The smallest absolute Gasteiger partial charge is 0.139 e. The maximum atomic E-state index is 7.56. The fraction of sp³-hybridized carbons (Fsp3) is 0.133. The zero-order valence-corrected chi connectivity index (χ0v) is 11.6. The van der Waals surface area contributed by atoms with E-state index >= 15 is 0 Å². The zero-order chi connectivity index (χ0) is 14.0. The highest BCUT2D eigenvalue weighted by molar-refractivity contribution is 6.30. The van der Waals surface area contributed by atoms with Crippen LogP contribution in [0.2, 0.25) is 5.02 Å². The minimum absolute atomic E-state index is 0.0450. The van der Waals surface area contributed by atoms with Crippen molar-refractivity contribution in [3.63, 3.8) is 0 Å². The van der Waals surface area contributed by atoms with Crippen molar-refractivity contribution < 1.29 is 4.74 Å². The zero-order valence-electron chi connectivity index (χ0n) is 10.8. The summed E-state index contributed by atoms with van der Waals surface area (Å²) >= 11 is 5.96. The van der Waals surface area contributed by atoms with Crippen LogP contribution in [0.1, 0.15) is 16.7 Å². The van der Waals surface area contributed by atoms with Crippen molar-refractivity contribution in [2.24, 2.45) is 5.73 Å². The first kappa shape index (κ1) is 13.4. The molecule has 0 saturated heterocycles. The predicted molar refractivity (Wildman–Crippen MR) is 78.5 cm³/mol. The first-order valence-electron chi connectivity index (χ1n) is 5.86. The van der Waals surface area contributed by atoms with E-state index in [0.29, 0.717) is 16.3 Å². The molecule has 0 atom stereocenters. The summed E-state index contributed by atoms with van der Waals surface area (Å²) < 4.78 is 5.83. The topological polar surface area (TPSA) is 59.1 Å². The second-order valence-corrected chi connectivity index (χ2v) is 4.86. The number of benzene rings is 2. The lowest BCUT2D eigenvalue weighted by Gasteiger charge is -2.13. The lowest BCUT2D eigenvalue weighted by Crippen LogP contribution is -2.12. The van der Waals surface area contributed by atoms with Crippen molar-refractivity contribution in [1.29, 1.82) is 5.41 Å². The average molecular weight is 275 g/mol. The van der Waals surface area contributed by atoms with Crippen molar-refractivity contribution in [1.82, 2.24) is 0 Å². The van der Waals surface area contributed by atoms with Crippen LogP contribution >= 0.6 is 11.6 Å². The molecule has 0 aromatic heterocycles. The Kier molecular flexibility index (Phi) is 3.76. The SMILES string of the molecule is Cc1ccc(Oc2cc(Cl)ccc2C(=N)N)c(C)c1.